The molecule has 0 fully saturated rings. The van der Waals surface area contributed by atoms with E-state index in [4.69, 9.17) is 8.98 Å². The fourth-order valence-electron chi connectivity index (χ4n) is 3.37. The standard InChI is InChI=1S/C20H28O4SSi/c1-20(2,3)26(18-12-6-4-7-13-18,19-14-8-5-9-15-19)24-16-10-11-17-25(21,22)23/h4-9,12-15H,10-11,16-17H2,1-3H3,(H,21,22,23). The molecule has 1 N–H and O–H groups in total. The van der Waals surface area contributed by atoms with E-state index in [0.29, 0.717) is 19.4 Å². The second kappa shape index (κ2) is 8.48. The molecule has 0 radical (unpaired) electrons. The molecule has 26 heavy (non-hydrogen) atoms. The minimum absolute atomic E-state index is 0.0985. The second-order valence-electron chi connectivity index (χ2n) is 7.50. The van der Waals surface area contributed by atoms with Gasteiger partial charge in [-0.3, -0.25) is 4.55 Å². The van der Waals surface area contributed by atoms with Crippen molar-refractivity contribution in [1.82, 2.24) is 0 Å². The van der Waals surface area contributed by atoms with Gasteiger partial charge in [0.1, 0.15) is 0 Å². The molecule has 0 aliphatic carbocycles. The van der Waals surface area contributed by atoms with Crippen LogP contribution in [0.1, 0.15) is 33.6 Å². The zero-order chi connectivity index (χ0) is 19.3. The van der Waals surface area contributed by atoms with E-state index in [9.17, 15) is 8.42 Å². The van der Waals surface area contributed by atoms with Gasteiger partial charge < -0.3 is 4.43 Å². The van der Waals surface area contributed by atoms with Crippen LogP contribution in [-0.2, 0) is 14.5 Å². The third-order valence-corrected chi connectivity index (χ3v) is 10.4. The van der Waals surface area contributed by atoms with Crippen molar-refractivity contribution in [2.24, 2.45) is 0 Å². The van der Waals surface area contributed by atoms with Crippen molar-refractivity contribution in [2.45, 2.75) is 38.7 Å². The molecule has 2 aromatic carbocycles. The van der Waals surface area contributed by atoms with Gasteiger partial charge in [0.05, 0.1) is 5.75 Å². The van der Waals surface area contributed by atoms with Crippen LogP contribution < -0.4 is 10.4 Å². The summed E-state index contributed by atoms with van der Waals surface area (Å²) in [4.78, 5) is 0. The molecule has 0 atom stereocenters. The van der Waals surface area contributed by atoms with Crippen molar-refractivity contribution < 1.29 is 17.4 Å². The van der Waals surface area contributed by atoms with Gasteiger partial charge >= 0.3 is 0 Å². The van der Waals surface area contributed by atoms with E-state index in [0.717, 1.165) is 0 Å². The van der Waals surface area contributed by atoms with Crippen molar-refractivity contribution in [2.75, 3.05) is 12.4 Å². The smallest absolute Gasteiger partial charge is 0.264 e. The van der Waals surface area contributed by atoms with Gasteiger partial charge in [-0.05, 0) is 28.3 Å². The number of rotatable bonds is 8. The molecule has 0 bridgehead atoms. The molecule has 0 amide bonds. The second-order valence-corrected chi connectivity index (χ2v) is 13.4. The average molecular weight is 393 g/mol. The lowest BCUT2D eigenvalue weighted by Gasteiger charge is -2.43. The van der Waals surface area contributed by atoms with Crippen molar-refractivity contribution in [3.63, 3.8) is 0 Å². The molecule has 0 saturated carbocycles. The van der Waals surface area contributed by atoms with E-state index in [2.05, 4.69) is 45.0 Å². The highest BCUT2D eigenvalue weighted by Gasteiger charge is 2.49. The van der Waals surface area contributed by atoms with Crippen LogP contribution in [0.5, 0.6) is 0 Å². The lowest BCUT2D eigenvalue weighted by atomic mass is 10.2. The van der Waals surface area contributed by atoms with Crippen molar-refractivity contribution in [3.8, 4) is 0 Å². The third-order valence-electron chi connectivity index (χ3n) is 4.53. The predicted molar refractivity (Wildman–Crippen MR) is 109 cm³/mol. The molecule has 2 aromatic rings. The Kier molecular flexibility index (Phi) is 6.79. The van der Waals surface area contributed by atoms with Crippen molar-refractivity contribution in [3.05, 3.63) is 60.7 Å². The van der Waals surface area contributed by atoms with Gasteiger partial charge in [0, 0.05) is 6.61 Å². The van der Waals surface area contributed by atoms with E-state index in [1.807, 2.05) is 36.4 Å². The molecule has 142 valence electrons. The van der Waals surface area contributed by atoms with E-state index in [1.165, 1.54) is 10.4 Å². The summed E-state index contributed by atoms with van der Waals surface area (Å²) in [6, 6.07) is 20.7. The zero-order valence-electron chi connectivity index (χ0n) is 15.7. The maximum Gasteiger partial charge on any atom is 0.264 e. The Morgan fingerprint density at radius 3 is 1.73 bits per heavy atom. The molecule has 0 aromatic heterocycles. The molecule has 4 nitrogen and oxygen atoms in total. The predicted octanol–water partition coefficient (Wildman–Crippen LogP) is 3.23. The fourth-order valence-corrected chi connectivity index (χ4v) is 8.55. The molecule has 0 aliphatic rings. The van der Waals surface area contributed by atoms with Crippen molar-refractivity contribution in [1.29, 1.82) is 0 Å². The van der Waals surface area contributed by atoms with Gasteiger partial charge in [0.2, 0.25) is 0 Å². The largest absolute Gasteiger partial charge is 0.407 e. The van der Waals surface area contributed by atoms with Crippen LogP contribution in [0, 0.1) is 0 Å². The Morgan fingerprint density at radius 1 is 0.885 bits per heavy atom. The highest BCUT2D eigenvalue weighted by Crippen LogP contribution is 2.36. The zero-order valence-corrected chi connectivity index (χ0v) is 17.5. The molecule has 0 aliphatic heterocycles. The topological polar surface area (TPSA) is 63.6 Å². The van der Waals surface area contributed by atoms with Crippen LogP contribution >= 0.6 is 0 Å². The molecule has 0 spiro atoms. The molecule has 6 heteroatoms. The van der Waals surface area contributed by atoms with Gasteiger partial charge in [-0.25, -0.2) is 0 Å². The van der Waals surface area contributed by atoms with Crippen LogP contribution in [-0.4, -0.2) is 33.6 Å². The molecule has 0 unspecified atom stereocenters. The van der Waals surface area contributed by atoms with E-state index >= 15 is 0 Å². The molecule has 0 saturated heterocycles. The summed E-state index contributed by atoms with van der Waals surface area (Å²) in [5, 5.41) is 2.31. The Morgan fingerprint density at radius 2 is 1.35 bits per heavy atom. The normalized spacial score (nSPS) is 12.9. The lowest BCUT2D eigenvalue weighted by molar-refractivity contribution is 0.290. The van der Waals surface area contributed by atoms with Crippen LogP contribution in [0.25, 0.3) is 0 Å². The first kappa shape index (κ1) is 20.8. The van der Waals surface area contributed by atoms with Crippen molar-refractivity contribution >= 4 is 28.8 Å². The number of unbranched alkanes of at least 4 members (excludes halogenated alkanes) is 1. The number of benzene rings is 2. The van der Waals surface area contributed by atoms with Gasteiger partial charge in [-0.1, -0.05) is 81.4 Å². The van der Waals surface area contributed by atoms with Crippen LogP contribution in [0.3, 0.4) is 0 Å². The average Bonchev–Trinajstić information content (AvgIpc) is 2.57. The van der Waals surface area contributed by atoms with Gasteiger partial charge in [-0.15, -0.1) is 0 Å². The lowest BCUT2D eigenvalue weighted by Crippen LogP contribution is -2.66. The summed E-state index contributed by atoms with van der Waals surface area (Å²) in [5.74, 6) is -0.225. The SMILES string of the molecule is CC(C)(C)[Si](OCCCCS(=O)(=O)O)(c1ccccc1)c1ccccc1. The van der Waals surface area contributed by atoms with E-state index in [1.54, 1.807) is 0 Å². The maximum atomic E-state index is 10.9. The van der Waals surface area contributed by atoms with Crippen LogP contribution in [0.15, 0.2) is 60.7 Å². The van der Waals surface area contributed by atoms with Gasteiger partial charge in [0.25, 0.3) is 18.4 Å². The Balaban J connectivity index is 2.35. The summed E-state index contributed by atoms with van der Waals surface area (Å²) >= 11 is 0. The first-order chi connectivity index (χ1) is 12.2. The number of hydrogen-bond donors (Lipinski definition) is 1. The summed E-state index contributed by atoms with van der Waals surface area (Å²) in [6.45, 7) is 7.08. The van der Waals surface area contributed by atoms with Crippen LogP contribution in [0.4, 0.5) is 0 Å². The first-order valence-corrected chi connectivity index (χ1v) is 12.4. The van der Waals surface area contributed by atoms with Gasteiger partial charge in [0.15, 0.2) is 0 Å². The third kappa shape index (κ3) is 5.04. The monoisotopic (exact) mass is 392 g/mol. The minimum Gasteiger partial charge on any atom is -0.407 e. The van der Waals surface area contributed by atoms with E-state index in [-0.39, 0.29) is 10.8 Å². The molecular weight excluding hydrogens is 364 g/mol. The fraction of sp³-hybridized carbons (Fsp3) is 0.400. The summed E-state index contributed by atoms with van der Waals surface area (Å²) in [7, 11) is -6.47. The Bertz CT molecular complexity index is 744. The summed E-state index contributed by atoms with van der Waals surface area (Å²) in [6.07, 6.45) is 0.974. The van der Waals surface area contributed by atoms with Gasteiger partial charge in [-0.2, -0.15) is 8.42 Å². The first-order valence-electron chi connectivity index (χ1n) is 8.87. The van der Waals surface area contributed by atoms with Crippen LogP contribution in [0.2, 0.25) is 5.04 Å². The Hall–Kier alpha value is -1.47. The number of hydrogen-bond acceptors (Lipinski definition) is 3. The molecular formula is C20H28O4SSi. The van der Waals surface area contributed by atoms with E-state index < -0.39 is 18.4 Å². The molecule has 2 rings (SSSR count). The molecule has 0 heterocycles. The summed E-state index contributed by atoms with van der Waals surface area (Å²) < 4.78 is 37.4. The maximum absolute atomic E-state index is 10.9. The highest BCUT2D eigenvalue weighted by molar-refractivity contribution is 7.85. The highest BCUT2D eigenvalue weighted by atomic mass is 32.2. The minimum atomic E-state index is -3.92. The summed E-state index contributed by atoms with van der Waals surface area (Å²) in [5.41, 5.74) is 0. The Labute approximate surface area is 158 Å². The quantitative estimate of drug-likeness (QED) is 0.426.